The zero-order chi connectivity index (χ0) is 18.6. The molecule has 0 atom stereocenters. The van der Waals surface area contributed by atoms with Gasteiger partial charge < -0.3 is 9.30 Å². The van der Waals surface area contributed by atoms with E-state index in [1.165, 1.54) is 12.1 Å². The van der Waals surface area contributed by atoms with Crippen molar-refractivity contribution in [3.63, 3.8) is 0 Å². The van der Waals surface area contributed by atoms with Gasteiger partial charge in [-0.3, -0.25) is 10.1 Å². The first kappa shape index (κ1) is 16.8. The maximum atomic E-state index is 10.8. The minimum absolute atomic E-state index is 0.104. The van der Waals surface area contributed by atoms with Crippen LogP contribution in [0, 0.1) is 10.1 Å². The summed E-state index contributed by atoms with van der Waals surface area (Å²) in [6, 6.07) is 24.8. The van der Waals surface area contributed by atoms with E-state index in [1.807, 2.05) is 54.7 Å². The van der Waals surface area contributed by atoms with Crippen LogP contribution in [0.3, 0.4) is 0 Å². The molecule has 134 valence electrons. The number of rotatable bonds is 6. The van der Waals surface area contributed by atoms with Crippen molar-refractivity contribution >= 4 is 16.6 Å². The Morgan fingerprint density at radius 2 is 1.63 bits per heavy atom. The van der Waals surface area contributed by atoms with E-state index in [1.54, 1.807) is 12.1 Å². The molecule has 4 aromatic rings. The molecule has 0 unspecified atom stereocenters. The molecule has 0 aliphatic rings. The van der Waals surface area contributed by atoms with E-state index < -0.39 is 0 Å². The lowest BCUT2D eigenvalue weighted by molar-refractivity contribution is -0.384. The van der Waals surface area contributed by atoms with Crippen molar-refractivity contribution in [3.05, 3.63) is 106 Å². The highest BCUT2D eigenvalue weighted by Crippen LogP contribution is 2.28. The number of non-ortho nitro benzene ring substituents is 1. The number of nitro benzene ring substituents is 1. The fraction of sp³-hybridized carbons (Fsp3) is 0.0909. The molecule has 0 saturated carbocycles. The third-order valence-electron chi connectivity index (χ3n) is 4.51. The zero-order valence-corrected chi connectivity index (χ0v) is 14.6. The first-order valence-corrected chi connectivity index (χ1v) is 8.68. The van der Waals surface area contributed by atoms with Crippen molar-refractivity contribution < 1.29 is 9.66 Å². The van der Waals surface area contributed by atoms with Crippen molar-refractivity contribution in [2.45, 2.75) is 13.2 Å². The second kappa shape index (κ2) is 7.33. The van der Waals surface area contributed by atoms with Crippen LogP contribution in [-0.4, -0.2) is 9.49 Å². The smallest absolute Gasteiger partial charge is 0.269 e. The Morgan fingerprint density at radius 1 is 0.852 bits per heavy atom. The molecule has 3 aromatic carbocycles. The monoisotopic (exact) mass is 358 g/mol. The Kier molecular flexibility index (Phi) is 4.58. The number of aromatic nitrogens is 1. The summed E-state index contributed by atoms with van der Waals surface area (Å²) in [5.74, 6) is 0.846. The molecule has 0 fully saturated rings. The van der Waals surface area contributed by atoms with Gasteiger partial charge >= 0.3 is 0 Å². The Labute approximate surface area is 156 Å². The van der Waals surface area contributed by atoms with Crippen LogP contribution in [0.15, 0.2) is 85.1 Å². The average molecular weight is 358 g/mol. The molecule has 0 aliphatic carbocycles. The van der Waals surface area contributed by atoms with Gasteiger partial charge in [-0.05, 0) is 29.3 Å². The molecule has 5 heteroatoms. The van der Waals surface area contributed by atoms with Crippen molar-refractivity contribution in [1.29, 1.82) is 0 Å². The van der Waals surface area contributed by atoms with Crippen LogP contribution in [0.1, 0.15) is 11.1 Å². The number of ether oxygens (including phenoxy) is 1. The van der Waals surface area contributed by atoms with Crippen molar-refractivity contribution in [1.82, 2.24) is 4.57 Å². The molecule has 0 bridgehead atoms. The number of hydrogen-bond donors (Lipinski definition) is 0. The molecule has 0 saturated heterocycles. The van der Waals surface area contributed by atoms with E-state index in [4.69, 9.17) is 4.74 Å². The highest BCUT2D eigenvalue weighted by molar-refractivity contribution is 5.86. The minimum atomic E-state index is -0.384. The van der Waals surface area contributed by atoms with Crippen LogP contribution >= 0.6 is 0 Å². The van der Waals surface area contributed by atoms with Gasteiger partial charge in [0.25, 0.3) is 5.69 Å². The van der Waals surface area contributed by atoms with Gasteiger partial charge in [-0.1, -0.05) is 48.5 Å². The Morgan fingerprint density at radius 3 is 2.37 bits per heavy atom. The number of nitrogens with zero attached hydrogens (tertiary/aromatic N) is 2. The Hall–Kier alpha value is -3.60. The fourth-order valence-corrected chi connectivity index (χ4v) is 3.11. The molecular weight excluding hydrogens is 340 g/mol. The molecule has 4 rings (SSSR count). The van der Waals surface area contributed by atoms with E-state index >= 15 is 0 Å². The van der Waals surface area contributed by atoms with E-state index in [0.29, 0.717) is 13.2 Å². The van der Waals surface area contributed by atoms with Crippen LogP contribution in [0.4, 0.5) is 5.69 Å². The van der Waals surface area contributed by atoms with Crippen LogP contribution in [0.2, 0.25) is 0 Å². The van der Waals surface area contributed by atoms with E-state index in [-0.39, 0.29) is 10.6 Å². The van der Waals surface area contributed by atoms with Crippen LogP contribution < -0.4 is 4.74 Å². The van der Waals surface area contributed by atoms with Crippen LogP contribution in [0.5, 0.6) is 5.75 Å². The first-order chi connectivity index (χ1) is 13.2. The lowest BCUT2D eigenvalue weighted by Crippen LogP contribution is -1.99. The van der Waals surface area contributed by atoms with Gasteiger partial charge in [0.1, 0.15) is 12.4 Å². The summed E-state index contributed by atoms with van der Waals surface area (Å²) in [7, 11) is 0. The summed E-state index contributed by atoms with van der Waals surface area (Å²) in [4.78, 5) is 10.4. The van der Waals surface area contributed by atoms with Crippen molar-refractivity contribution in [3.8, 4) is 5.75 Å². The Bertz CT molecular complexity index is 1070. The lowest BCUT2D eigenvalue weighted by atomic mass is 10.2. The van der Waals surface area contributed by atoms with Crippen LogP contribution in [0.25, 0.3) is 10.9 Å². The van der Waals surface area contributed by atoms with Gasteiger partial charge in [-0.25, -0.2) is 0 Å². The summed E-state index contributed by atoms with van der Waals surface area (Å²) in [6.45, 7) is 1.16. The van der Waals surface area contributed by atoms with Gasteiger partial charge in [0.05, 0.1) is 10.4 Å². The molecule has 0 radical (unpaired) electrons. The highest BCUT2D eigenvalue weighted by atomic mass is 16.6. The standard InChI is InChI=1S/C22H18N2O3/c25-24(26)19-11-9-17(10-12-19)15-23-14-13-20-21(23)7-4-8-22(20)27-16-18-5-2-1-3-6-18/h1-14H,15-16H2. The van der Waals surface area contributed by atoms with Gasteiger partial charge in [0.2, 0.25) is 0 Å². The maximum absolute atomic E-state index is 10.8. The molecule has 0 aliphatic heterocycles. The molecule has 5 nitrogen and oxygen atoms in total. The average Bonchev–Trinajstić information content (AvgIpc) is 3.11. The SMILES string of the molecule is O=[N+]([O-])c1ccc(Cn2ccc3c(OCc4ccccc4)cccc32)cc1. The predicted octanol–water partition coefficient (Wildman–Crippen LogP) is 5.18. The van der Waals surface area contributed by atoms with E-state index in [9.17, 15) is 10.1 Å². The van der Waals surface area contributed by atoms with Crippen molar-refractivity contribution in [2.75, 3.05) is 0 Å². The first-order valence-electron chi connectivity index (χ1n) is 8.68. The molecule has 27 heavy (non-hydrogen) atoms. The summed E-state index contributed by atoms with van der Waals surface area (Å²) >= 11 is 0. The number of nitro groups is 1. The fourth-order valence-electron chi connectivity index (χ4n) is 3.11. The van der Waals surface area contributed by atoms with Gasteiger partial charge in [0.15, 0.2) is 0 Å². The summed E-state index contributed by atoms with van der Waals surface area (Å²) in [5.41, 5.74) is 3.31. The topological polar surface area (TPSA) is 57.3 Å². The molecule has 1 heterocycles. The number of benzene rings is 3. The van der Waals surface area contributed by atoms with Crippen LogP contribution in [-0.2, 0) is 13.2 Å². The zero-order valence-electron chi connectivity index (χ0n) is 14.6. The van der Waals surface area contributed by atoms with Gasteiger partial charge in [0, 0.05) is 30.3 Å². The molecule has 1 aromatic heterocycles. The largest absolute Gasteiger partial charge is 0.488 e. The van der Waals surface area contributed by atoms with E-state index in [2.05, 4.69) is 10.6 Å². The minimum Gasteiger partial charge on any atom is -0.488 e. The van der Waals surface area contributed by atoms with Gasteiger partial charge in [-0.2, -0.15) is 0 Å². The summed E-state index contributed by atoms with van der Waals surface area (Å²) in [6.07, 6.45) is 2.02. The van der Waals surface area contributed by atoms with Gasteiger partial charge in [-0.15, -0.1) is 0 Å². The quantitative estimate of drug-likeness (QED) is 0.353. The van der Waals surface area contributed by atoms with E-state index in [0.717, 1.165) is 27.8 Å². The predicted molar refractivity (Wildman–Crippen MR) is 105 cm³/mol. The van der Waals surface area contributed by atoms with Crippen molar-refractivity contribution in [2.24, 2.45) is 0 Å². The highest BCUT2D eigenvalue weighted by Gasteiger charge is 2.09. The molecular formula is C22H18N2O3. The third kappa shape index (κ3) is 3.67. The second-order valence-electron chi connectivity index (χ2n) is 6.33. The molecule has 0 spiro atoms. The maximum Gasteiger partial charge on any atom is 0.269 e. The number of hydrogen-bond acceptors (Lipinski definition) is 3. The number of fused-ring (bicyclic) bond motifs is 1. The third-order valence-corrected chi connectivity index (χ3v) is 4.51. The molecule has 0 N–H and O–H groups in total. The lowest BCUT2D eigenvalue weighted by Gasteiger charge is -2.09. The second-order valence-corrected chi connectivity index (χ2v) is 6.33. The molecule has 0 amide bonds. The summed E-state index contributed by atoms with van der Waals surface area (Å²) in [5, 5.41) is 11.8. The summed E-state index contributed by atoms with van der Waals surface area (Å²) < 4.78 is 8.14. The Balaban J connectivity index is 1.55. The normalized spacial score (nSPS) is 10.8.